The van der Waals surface area contributed by atoms with E-state index in [4.69, 9.17) is 4.74 Å². The van der Waals surface area contributed by atoms with Gasteiger partial charge in [0.1, 0.15) is 0 Å². The Kier molecular flexibility index (Phi) is 8.12. The molecular weight excluding hydrogens is 304 g/mol. The van der Waals surface area contributed by atoms with E-state index in [2.05, 4.69) is 10.6 Å². The number of rotatable bonds is 5. The summed E-state index contributed by atoms with van der Waals surface area (Å²) in [4.78, 5) is 23.6. The smallest absolute Gasteiger partial charge is 0.338 e. The van der Waals surface area contributed by atoms with Crippen molar-refractivity contribution in [1.82, 2.24) is 5.32 Å². The molecule has 0 heterocycles. The molecule has 0 aliphatic rings. The molecule has 0 bridgehead atoms. The Morgan fingerprint density at radius 3 is 2.41 bits per heavy atom. The lowest BCUT2D eigenvalue weighted by atomic mass is 10.1. The van der Waals surface area contributed by atoms with Crippen LogP contribution in [0, 0.1) is 0 Å². The standard InChI is InChI=1S/C16H24N2O3.ClH/c1-11(2)21-15(20)12-7-6-8-13(9-12)18-14(19)10-17-16(3,4)5;/h6-9,11,17H,10H2,1-5H3,(H,18,19);1H. The highest BCUT2D eigenvalue weighted by Gasteiger charge is 2.13. The van der Waals surface area contributed by atoms with Crippen molar-refractivity contribution in [3.63, 3.8) is 0 Å². The number of esters is 1. The first kappa shape index (κ1) is 20.4. The summed E-state index contributed by atoms with van der Waals surface area (Å²) in [5.74, 6) is -0.548. The fraction of sp³-hybridized carbons (Fsp3) is 0.500. The van der Waals surface area contributed by atoms with Gasteiger partial charge in [-0.3, -0.25) is 4.79 Å². The van der Waals surface area contributed by atoms with Crippen LogP contribution in [0.1, 0.15) is 45.0 Å². The van der Waals surface area contributed by atoms with Gasteiger partial charge in [-0.1, -0.05) is 6.07 Å². The molecule has 0 spiro atoms. The second kappa shape index (κ2) is 8.76. The molecule has 0 aromatic heterocycles. The molecule has 0 saturated heterocycles. The van der Waals surface area contributed by atoms with Crippen molar-refractivity contribution < 1.29 is 14.3 Å². The minimum atomic E-state index is -0.395. The molecule has 0 radical (unpaired) electrons. The fourth-order valence-corrected chi connectivity index (χ4v) is 1.56. The fourth-order valence-electron chi connectivity index (χ4n) is 1.56. The summed E-state index contributed by atoms with van der Waals surface area (Å²) in [5, 5.41) is 5.86. The van der Waals surface area contributed by atoms with Crippen LogP contribution in [0.15, 0.2) is 24.3 Å². The summed E-state index contributed by atoms with van der Waals surface area (Å²) >= 11 is 0. The molecule has 0 saturated carbocycles. The van der Waals surface area contributed by atoms with Gasteiger partial charge >= 0.3 is 5.97 Å². The van der Waals surface area contributed by atoms with Gasteiger partial charge in [0.2, 0.25) is 5.91 Å². The Bertz CT molecular complexity index is 510. The third-order valence-corrected chi connectivity index (χ3v) is 2.50. The number of ether oxygens (including phenoxy) is 1. The van der Waals surface area contributed by atoms with Gasteiger partial charge in [0.25, 0.3) is 0 Å². The highest BCUT2D eigenvalue weighted by atomic mass is 35.5. The third kappa shape index (κ3) is 8.00. The number of halogens is 1. The molecule has 0 aliphatic carbocycles. The van der Waals surface area contributed by atoms with Gasteiger partial charge in [0.05, 0.1) is 18.2 Å². The Morgan fingerprint density at radius 2 is 1.86 bits per heavy atom. The molecule has 2 N–H and O–H groups in total. The predicted molar refractivity (Wildman–Crippen MR) is 90.6 cm³/mol. The highest BCUT2D eigenvalue weighted by Crippen LogP contribution is 2.12. The molecule has 6 heteroatoms. The average Bonchev–Trinajstić information content (AvgIpc) is 2.35. The van der Waals surface area contributed by atoms with Crippen molar-refractivity contribution in [2.75, 3.05) is 11.9 Å². The minimum Gasteiger partial charge on any atom is -0.459 e. The van der Waals surface area contributed by atoms with Crippen LogP contribution in [0.4, 0.5) is 5.69 Å². The minimum absolute atomic E-state index is 0. The maximum atomic E-state index is 11.8. The molecular formula is C16H25ClN2O3. The molecule has 0 atom stereocenters. The van der Waals surface area contributed by atoms with Gasteiger partial charge in [-0.25, -0.2) is 4.79 Å². The number of anilines is 1. The second-order valence-corrected chi connectivity index (χ2v) is 6.19. The predicted octanol–water partition coefficient (Wildman–Crippen LogP) is 3.00. The lowest BCUT2D eigenvalue weighted by molar-refractivity contribution is -0.115. The van der Waals surface area contributed by atoms with Gasteiger partial charge in [-0.15, -0.1) is 12.4 Å². The Balaban J connectivity index is 0.00000441. The first-order valence-electron chi connectivity index (χ1n) is 7.03. The Morgan fingerprint density at radius 1 is 1.23 bits per heavy atom. The van der Waals surface area contributed by atoms with Crippen molar-refractivity contribution in [3.8, 4) is 0 Å². The van der Waals surface area contributed by atoms with Gasteiger partial charge in [0, 0.05) is 11.2 Å². The van der Waals surface area contributed by atoms with Gasteiger partial charge in [-0.2, -0.15) is 0 Å². The average molecular weight is 329 g/mol. The third-order valence-electron chi connectivity index (χ3n) is 2.50. The topological polar surface area (TPSA) is 67.4 Å². The lowest BCUT2D eigenvalue weighted by Crippen LogP contribution is -2.41. The molecule has 1 aromatic rings. The van der Waals surface area contributed by atoms with Gasteiger partial charge < -0.3 is 15.4 Å². The quantitative estimate of drug-likeness (QED) is 0.815. The maximum absolute atomic E-state index is 11.8. The van der Waals surface area contributed by atoms with E-state index >= 15 is 0 Å². The van der Waals surface area contributed by atoms with Crippen LogP contribution in [-0.4, -0.2) is 30.1 Å². The number of benzene rings is 1. The summed E-state index contributed by atoms with van der Waals surface area (Å²) < 4.78 is 5.12. The summed E-state index contributed by atoms with van der Waals surface area (Å²) in [6.45, 7) is 9.77. The molecule has 0 aliphatic heterocycles. The van der Waals surface area contributed by atoms with Crippen molar-refractivity contribution >= 4 is 30.0 Å². The van der Waals surface area contributed by atoms with Crippen molar-refractivity contribution in [1.29, 1.82) is 0 Å². The molecule has 5 nitrogen and oxygen atoms in total. The maximum Gasteiger partial charge on any atom is 0.338 e. The summed E-state index contributed by atoms with van der Waals surface area (Å²) in [7, 11) is 0. The molecule has 1 aromatic carbocycles. The van der Waals surface area contributed by atoms with E-state index in [9.17, 15) is 9.59 Å². The first-order valence-corrected chi connectivity index (χ1v) is 7.03. The van der Waals surface area contributed by atoms with Crippen LogP contribution in [0.2, 0.25) is 0 Å². The lowest BCUT2D eigenvalue weighted by Gasteiger charge is -2.20. The number of hydrogen-bond donors (Lipinski definition) is 2. The summed E-state index contributed by atoms with van der Waals surface area (Å²) in [6.07, 6.45) is -0.174. The number of carbonyl (C=O) groups excluding carboxylic acids is 2. The van der Waals surface area contributed by atoms with Crippen LogP contribution >= 0.6 is 12.4 Å². The number of carbonyl (C=O) groups is 2. The van der Waals surface area contributed by atoms with Crippen molar-refractivity contribution in [3.05, 3.63) is 29.8 Å². The molecule has 0 unspecified atom stereocenters. The zero-order valence-electron chi connectivity index (χ0n) is 13.7. The number of hydrogen-bond acceptors (Lipinski definition) is 4. The van der Waals surface area contributed by atoms with Gasteiger partial charge in [-0.05, 0) is 52.8 Å². The zero-order valence-corrected chi connectivity index (χ0v) is 14.5. The van der Waals surface area contributed by atoms with Crippen molar-refractivity contribution in [2.24, 2.45) is 0 Å². The SMILES string of the molecule is CC(C)OC(=O)c1cccc(NC(=O)CNC(C)(C)C)c1.Cl. The summed E-state index contributed by atoms with van der Waals surface area (Å²) in [6, 6.07) is 6.72. The monoisotopic (exact) mass is 328 g/mol. The molecule has 0 fully saturated rings. The summed E-state index contributed by atoms with van der Waals surface area (Å²) in [5.41, 5.74) is 0.875. The van der Waals surface area contributed by atoms with Crippen LogP contribution in [-0.2, 0) is 9.53 Å². The van der Waals surface area contributed by atoms with E-state index in [0.29, 0.717) is 11.3 Å². The van der Waals surface area contributed by atoms with Crippen LogP contribution in [0.3, 0.4) is 0 Å². The Labute approximate surface area is 138 Å². The number of nitrogens with one attached hydrogen (secondary N) is 2. The first-order chi connectivity index (χ1) is 9.67. The molecule has 22 heavy (non-hydrogen) atoms. The van der Waals surface area contributed by atoms with Crippen LogP contribution < -0.4 is 10.6 Å². The van der Waals surface area contributed by atoms with E-state index in [1.54, 1.807) is 38.1 Å². The van der Waals surface area contributed by atoms with E-state index in [0.717, 1.165) is 0 Å². The number of amides is 1. The molecule has 124 valence electrons. The normalized spacial score (nSPS) is 10.8. The van der Waals surface area contributed by atoms with E-state index in [1.807, 2.05) is 20.8 Å². The largest absolute Gasteiger partial charge is 0.459 e. The van der Waals surface area contributed by atoms with Crippen LogP contribution in [0.5, 0.6) is 0 Å². The zero-order chi connectivity index (χ0) is 16.0. The van der Waals surface area contributed by atoms with E-state index in [1.165, 1.54) is 0 Å². The second-order valence-electron chi connectivity index (χ2n) is 6.19. The highest BCUT2D eigenvalue weighted by molar-refractivity contribution is 5.95. The van der Waals surface area contributed by atoms with E-state index < -0.39 is 5.97 Å². The van der Waals surface area contributed by atoms with Gasteiger partial charge in [0.15, 0.2) is 0 Å². The molecule has 1 amide bonds. The Hall–Kier alpha value is -1.59. The van der Waals surface area contributed by atoms with E-state index in [-0.39, 0.29) is 36.5 Å². The van der Waals surface area contributed by atoms with Crippen molar-refractivity contribution in [2.45, 2.75) is 46.3 Å². The molecule has 1 rings (SSSR count). The van der Waals surface area contributed by atoms with Crippen LogP contribution in [0.25, 0.3) is 0 Å².